The van der Waals surface area contributed by atoms with Crippen molar-refractivity contribution in [3.05, 3.63) is 17.0 Å². The number of nitrogens with two attached hydrogens (primary N) is 1. The molecular formula is C6H6N4S. The van der Waals surface area contributed by atoms with Gasteiger partial charge in [0.25, 0.3) is 0 Å². The fraction of sp³-hybridized carbons (Fsp3) is 0. The topological polar surface area (TPSA) is 70.5 Å². The Kier molecular flexibility index (Phi) is 1.19. The lowest BCUT2D eigenvalue weighted by Crippen LogP contribution is -1.85. The molecule has 2 heterocycles. The molecule has 0 radical (unpaired) electrons. The summed E-state index contributed by atoms with van der Waals surface area (Å²) in [5.74, 6) is 0. The Balaban J connectivity index is 2.92. The monoisotopic (exact) mass is 166 g/mol. The molecule has 4 N–H and O–H groups in total. The number of hydrogen-bond donors (Lipinski definition) is 3. The minimum atomic E-state index is 0.568. The standard InChI is InChI=1S/C6H6N4S/c7-3-1-4-5(8-2-3)10-6(11)9-4/h1-2H,7H2,(H2,8,9,10,11). The van der Waals surface area contributed by atoms with Gasteiger partial charge in [0.2, 0.25) is 0 Å². The number of hydrogen-bond acceptors (Lipinski definition) is 3. The van der Waals surface area contributed by atoms with E-state index in [1.807, 2.05) is 0 Å². The van der Waals surface area contributed by atoms with Gasteiger partial charge in [-0.1, -0.05) is 0 Å². The lowest BCUT2D eigenvalue weighted by molar-refractivity contribution is 1.27. The van der Waals surface area contributed by atoms with Gasteiger partial charge in [0, 0.05) is 0 Å². The molecule has 2 aromatic rings. The summed E-state index contributed by atoms with van der Waals surface area (Å²) < 4.78 is 0.568. The zero-order chi connectivity index (χ0) is 7.84. The molecule has 0 amide bonds. The van der Waals surface area contributed by atoms with E-state index in [0.29, 0.717) is 10.5 Å². The van der Waals surface area contributed by atoms with Gasteiger partial charge in [-0.15, -0.1) is 0 Å². The molecule has 5 heteroatoms. The first-order valence-electron chi connectivity index (χ1n) is 3.09. The molecule has 0 bridgehead atoms. The van der Waals surface area contributed by atoms with Crippen molar-refractivity contribution >= 4 is 29.1 Å². The van der Waals surface area contributed by atoms with Crippen molar-refractivity contribution in [1.29, 1.82) is 0 Å². The molecular weight excluding hydrogens is 160 g/mol. The summed E-state index contributed by atoms with van der Waals surface area (Å²) in [5.41, 5.74) is 7.71. The highest BCUT2D eigenvalue weighted by atomic mass is 32.1. The number of aromatic nitrogens is 3. The third-order valence-corrected chi connectivity index (χ3v) is 1.59. The highest BCUT2D eigenvalue weighted by Gasteiger charge is 1.95. The lowest BCUT2D eigenvalue weighted by atomic mass is 10.4. The number of nitrogen functional groups attached to an aromatic ring is 1. The van der Waals surface area contributed by atoms with Gasteiger partial charge in [-0.2, -0.15) is 0 Å². The average molecular weight is 166 g/mol. The van der Waals surface area contributed by atoms with Crippen LogP contribution in [0, 0.1) is 4.77 Å². The molecule has 2 aromatic heterocycles. The van der Waals surface area contributed by atoms with E-state index < -0.39 is 0 Å². The Morgan fingerprint density at radius 1 is 1.45 bits per heavy atom. The molecule has 0 aliphatic carbocycles. The molecule has 0 aliphatic rings. The molecule has 2 rings (SSSR count). The fourth-order valence-corrected chi connectivity index (χ4v) is 1.14. The van der Waals surface area contributed by atoms with Gasteiger partial charge in [0.1, 0.15) is 0 Å². The summed E-state index contributed by atoms with van der Waals surface area (Å²) in [7, 11) is 0. The molecule has 0 fully saturated rings. The van der Waals surface area contributed by atoms with E-state index >= 15 is 0 Å². The van der Waals surface area contributed by atoms with E-state index in [-0.39, 0.29) is 0 Å². The SMILES string of the molecule is Nc1cnc2[nH]c(=S)[nH]c2c1. The Labute approximate surface area is 67.5 Å². The molecule has 56 valence electrons. The fourth-order valence-electron chi connectivity index (χ4n) is 0.937. The maximum atomic E-state index is 5.50. The van der Waals surface area contributed by atoms with Crippen LogP contribution >= 0.6 is 12.2 Å². The minimum Gasteiger partial charge on any atom is -0.397 e. The van der Waals surface area contributed by atoms with Crippen molar-refractivity contribution in [2.24, 2.45) is 0 Å². The van der Waals surface area contributed by atoms with Gasteiger partial charge in [-0.05, 0) is 18.3 Å². The number of pyridine rings is 1. The number of imidazole rings is 1. The highest BCUT2D eigenvalue weighted by Crippen LogP contribution is 2.09. The second-order valence-corrected chi connectivity index (χ2v) is 2.65. The number of H-pyrrole nitrogens is 2. The van der Waals surface area contributed by atoms with Crippen LogP contribution in [0.4, 0.5) is 5.69 Å². The smallest absolute Gasteiger partial charge is 0.176 e. The molecule has 0 aromatic carbocycles. The molecule has 4 nitrogen and oxygen atoms in total. The molecule has 0 saturated heterocycles. The van der Waals surface area contributed by atoms with Crippen LogP contribution in [0.25, 0.3) is 11.2 Å². The first-order chi connectivity index (χ1) is 5.25. The first kappa shape index (κ1) is 6.36. The van der Waals surface area contributed by atoms with Gasteiger partial charge in [-0.3, -0.25) is 0 Å². The normalized spacial score (nSPS) is 10.5. The third-order valence-electron chi connectivity index (χ3n) is 1.39. The quantitative estimate of drug-likeness (QED) is 0.515. The number of anilines is 1. The van der Waals surface area contributed by atoms with E-state index in [0.717, 1.165) is 11.2 Å². The average Bonchev–Trinajstić information content (AvgIpc) is 2.27. The molecule has 0 atom stereocenters. The number of nitrogens with one attached hydrogen (secondary N) is 2. The summed E-state index contributed by atoms with van der Waals surface area (Å²) in [6.07, 6.45) is 1.58. The van der Waals surface area contributed by atoms with Crippen molar-refractivity contribution in [3.8, 4) is 0 Å². The van der Waals surface area contributed by atoms with E-state index in [1.54, 1.807) is 12.3 Å². The predicted octanol–water partition coefficient (Wildman–Crippen LogP) is 1.20. The molecule has 0 saturated carbocycles. The summed E-state index contributed by atoms with van der Waals surface area (Å²) in [6, 6.07) is 1.79. The maximum absolute atomic E-state index is 5.50. The van der Waals surface area contributed by atoms with Crippen LogP contribution in [0.5, 0.6) is 0 Å². The van der Waals surface area contributed by atoms with Gasteiger partial charge < -0.3 is 15.7 Å². The van der Waals surface area contributed by atoms with Gasteiger partial charge in [0.05, 0.1) is 17.4 Å². The van der Waals surface area contributed by atoms with Crippen molar-refractivity contribution in [2.45, 2.75) is 0 Å². The zero-order valence-corrected chi connectivity index (χ0v) is 6.40. The highest BCUT2D eigenvalue weighted by molar-refractivity contribution is 7.71. The number of nitrogens with zero attached hydrogens (tertiary/aromatic N) is 1. The maximum Gasteiger partial charge on any atom is 0.176 e. The van der Waals surface area contributed by atoms with Crippen LogP contribution < -0.4 is 5.73 Å². The Morgan fingerprint density at radius 2 is 2.27 bits per heavy atom. The Bertz CT molecular complexity index is 441. The van der Waals surface area contributed by atoms with Crippen LogP contribution in [0.15, 0.2) is 12.3 Å². The van der Waals surface area contributed by atoms with E-state index in [4.69, 9.17) is 18.0 Å². The summed E-state index contributed by atoms with van der Waals surface area (Å²) >= 11 is 4.86. The van der Waals surface area contributed by atoms with Gasteiger partial charge in [-0.25, -0.2) is 4.98 Å². The van der Waals surface area contributed by atoms with Crippen LogP contribution in [0.1, 0.15) is 0 Å². The van der Waals surface area contributed by atoms with Crippen LogP contribution in [-0.2, 0) is 0 Å². The summed E-state index contributed by atoms with van der Waals surface area (Å²) in [5, 5.41) is 0. The number of fused-ring (bicyclic) bond motifs is 1. The van der Waals surface area contributed by atoms with Crippen LogP contribution in [-0.4, -0.2) is 15.0 Å². The summed E-state index contributed by atoms with van der Waals surface area (Å²) in [6.45, 7) is 0. The Morgan fingerprint density at radius 3 is 3.09 bits per heavy atom. The predicted molar refractivity (Wildman–Crippen MR) is 45.7 cm³/mol. The largest absolute Gasteiger partial charge is 0.397 e. The summed E-state index contributed by atoms with van der Waals surface area (Å²) in [4.78, 5) is 9.82. The van der Waals surface area contributed by atoms with E-state index in [9.17, 15) is 0 Å². The van der Waals surface area contributed by atoms with E-state index in [1.165, 1.54) is 0 Å². The first-order valence-corrected chi connectivity index (χ1v) is 3.50. The van der Waals surface area contributed by atoms with Crippen LogP contribution in [0.2, 0.25) is 0 Å². The Hall–Kier alpha value is -1.36. The van der Waals surface area contributed by atoms with Crippen molar-refractivity contribution in [3.63, 3.8) is 0 Å². The third kappa shape index (κ3) is 0.988. The van der Waals surface area contributed by atoms with Crippen molar-refractivity contribution in [2.75, 3.05) is 5.73 Å². The zero-order valence-electron chi connectivity index (χ0n) is 5.59. The van der Waals surface area contributed by atoms with Gasteiger partial charge in [0.15, 0.2) is 10.4 Å². The number of aromatic amines is 2. The van der Waals surface area contributed by atoms with Gasteiger partial charge >= 0.3 is 0 Å². The molecule has 11 heavy (non-hydrogen) atoms. The van der Waals surface area contributed by atoms with Crippen molar-refractivity contribution in [1.82, 2.24) is 15.0 Å². The van der Waals surface area contributed by atoms with Crippen LogP contribution in [0.3, 0.4) is 0 Å². The second kappa shape index (κ2) is 2.06. The molecule has 0 spiro atoms. The minimum absolute atomic E-state index is 0.568. The molecule has 0 aliphatic heterocycles. The second-order valence-electron chi connectivity index (χ2n) is 2.24. The molecule has 0 unspecified atom stereocenters. The lowest BCUT2D eigenvalue weighted by Gasteiger charge is -1.89. The number of rotatable bonds is 0. The van der Waals surface area contributed by atoms with Crippen molar-refractivity contribution < 1.29 is 0 Å². The van der Waals surface area contributed by atoms with E-state index in [2.05, 4.69) is 15.0 Å².